The maximum atomic E-state index is 14.3. The first-order chi connectivity index (χ1) is 17.5. The van der Waals surface area contributed by atoms with Gasteiger partial charge < -0.3 is 20.3 Å². The fraction of sp³-hybridized carbons (Fsp3) is 0.292. The van der Waals surface area contributed by atoms with Crippen LogP contribution in [-0.4, -0.2) is 52.7 Å². The highest BCUT2D eigenvalue weighted by molar-refractivity contribution is 6.30. The summed E-state index contributed by atoms with van der Waals surface area (Å²) in [6.07, 6.45) is -0.449. The zero-order chi connectivity index (χ0) is 26.9. The summed E-state index contributed by atoms with van der Waals surface area (Å²) in [6, 6.07) is 6.16. The van der Waals surface area contributed by atoms with Crippen molar-refractivity contribution in [3.05, 3.63) is 59.0 Å². The first kappa shape index (κ1) is 26.3. The number of carbonyl (C=O) groups excluding carboxylic acids is 3. The van der Waals surface area contributed by atoms with Crippen molar-refractivity contribution in [3.63, 3.8) is 0 Å². The number of likely N-dealkylation sites (tertiary alicyclic amines) is 1. The van der Waals surface area contributed by atoms with Gasteiger partial charge in [-0.15, -0.1) is 0 Å². The van der Waals surface area contributed by atoms with E-state index in [4.69, 9.17) is 11.6 Å². The number of nitrogens with one attached hydrogen (secondary N) is 2. The van der Waals surface area contributed by atoms with Crippen molar-refractivity contribution in [1.82, 2.24) is 14.8 Å². The van der Waals surface area contributed by atoms with Gasteiger partial charge in [0.25, 0.3) is 0 Å². The first-order valence-electron chi connectivity index (χ1n) is 11.1. The second-order valence-electron chi connectivity index (χ2n) is 8.35. The molecule has 1 aliphatic rings. The van der Waals surface area contributed by atoms with Crippen LogP contribution in [0.5, 0.6) is 5.75 Å². The number of fused-ring (bicyclic) bond motifs is 1. The van der Waals surface area contributed by atoms with Crippen LogP contribution in [0.3, 0.4) is 0 Å². The standard InChI is InChI=1S/C24H21ClF4N4O4/c1-12(34)32-11-18(16-6-5-15(8-19(16)32)37-23(28)29)31-24(36)33-10-14(26)7-20(33)22(35)30-9-13-3-2-4-17(25)21(13)27/h2-6,8,11,14,20,23H,7,9-10H2,1H3,(H,30,35)(H,31,36)/t14-,20+/m1/s1. The van der Waals surface area contributed by atoms with Crippen molar-refractivity contribution in [2.75, 3.05) is 11.9 Å². The second kappa shape index (κ2) is 10.7. The van der Waals surface area contributed by atoms with Gasteiger partial charge in [0.1, 0.15) is 23.8 Å². The van der Waals surface area contributed by atoms with E-state index in [-0.39, 0.29) is 47.1 Å². The molecule has 0 bridgehead atoms. The van der Waals surface area contributed by atoms with Crippen LogP contribution in [0.4, 0.5) is 28.0 Å². The minimum absolute atomic E-state index is 0.116. The van der Waals surface area contributed by atoms with E-state index in [1.54, 1.807) is 0 Å². The molecule has 3 amide bonds. The predicted molar refractivity (Wildman–Crippen MR) is 127 cm³/mol. The lowest BCUT2D eigenvalue weighted by atomic mass is 10.1. The maximum Gasteiger partial charge on any atom is 0.387 e. The van der Waals surface area contributed by atoms with Crippen molar-refractivity contribution in [3.8, 4) is 5.75 Å². The number of carbonyl (C=O) groups is 3. The molecule has 1 fully saturated rings. The number of nitrogens with zero attached hydrogens (tertiary/aromatic N) is 2. The number of urea groups is 1. The molecule has 4 rings (SSSR count). The number of hydrogen-bond acceptors (Lipinski definition) is 4. The molecule has 37 heavy (non-hydrogen) atoms. The summed E-state index contributed by atoms with van der Waals surface area (Å²) in [6.45, 7) is -2.42. The van der Waals surface area contributed by atoms with Gasteiger partial charge in [-0.05, 0) is 18.2 Å². The Labute approximate surface area is 213 Å². The van der Waals surface area contributed by atoms with Crippen molar-refractivity contribution in [2.45, 2.75) is 38.7 Å². The van der Waals surface area contributed by atoms with Crippen molar-refractivity contribution in [1.29, 1.82) is 0 Å². The monoisotopic (exact) mass is 540 g/mol. The average molecular weight is 541 g/mol. The van der Waals surface area contributed by atoms with Crippen LogP contribution in [0.1, 0.15) is 23.7 Å². The Kier molecular flexibility index (Phi) is 7.58. The minimum atomic E-state index is -3.07. The number of ether oxygens (including phenoxy) is 1. The molecule has 0 spiro atoms. The largest absolute Gasteiger partial charge is 0.435 e. The number of rotatable bonds is 6. The van der Waals surface area contributed by atoms with E-state index in [2.05, 4.69) is 15.4 Å². The number of hydrogen-bond donors (Lipinski definition) is 2. The van der Waals surface area contributed by atoms with Crippen molar-refractivity contribution < 1.29 is 36.7 Å². The van der Waals surface area contributed by atoms with Gasteiger partial charge >= 0.3 is 12.6 Å². The number of benzene rings is 2. The van der Waals surface area contributed by atoms with Gasteiger partial charge in [0.05, 0.1) is 22.8 Å². The number of amides is 3. The van der Waals surface area contributed by atoms with Crippen LogP contribution >= 0.6 is 11.6 Å². The number of aromatic nitrogens is 1. The Balaban J connectivity index is 1.52. The van der Waals surface area contributed by atoms with E-state index in [1.165, 1.54) is 49.5 Å². The maximum absolute atomic E-state index is 14.3. The van der Waals surface area contributed by atoms with Crippen LogP contribution in [0.2, 0.25) is 5.02 Å². The van der Waals surface area contributed by atoms with Gasteiger partial charge in [-0.25, -0.2) is 13.6 Å². The lowest BCUT2D eigenvalue weighted by molar-refractivity contribution is -0.124. The normalized spacial score (nSPS) is 17.3. The molecular weight excluding hydrogens is 520 g/mol. The smallest absolute Gasteiger partial charge is 0.387 e. The predicted octanol–water partition coefficient (Wildman–Crippen LogP) is 4.96. The molecule has 13 heteroatoms. The van der Waals surface area contributed by atoms with Crippen LogP contribution in [0, 0.1) is 5.82 Å². The van der Waals surface area contributed by atoms with Crippen LogP contribution < -0.4 is 15.4 Å². The van der Waals surface area contributed by atoms with Gasteiger partial charge in [-0.1, -0.05) is 23.7 Å². The van der Waals surface area contributed by atoms with E-state index < -0.39 is 42.5 Å². The summed E-state index contributed by atoms with van der Waals surface area (Å²) in [7, 11) is 0. The summed E-state index contributed by atoms with van der Waals surface area (Å²) in [5.74, 6) is -2.03. The molecule has 3 aromatic rings. The molecule has 2 atom stereocenters. The topological polar surface area (TPSA) is 92.7 Å². The molecule has 1 aromatic heterocycles. The molecule has 2 N–H and O–H groups in total. The summed E-state index contributed by atoms with van der Waals surface area (Å²) < 4.78 is 59.1. The van der Waals surface area contributed by atoms with Gasteiger partial charge in [0, 0.05) is 43.1 Å². The molecular formula is C24H21ClF4N4O4. The summed E-state index contributed by atoms with van der Waals surface area (Å²) in [5.41, 5.74) is 0.462. The zero-order valence-electron chi connectivity index (χ0n) is 19.3. The van der Waals surface area contributed by atoms with Gasteiger partial charge in [-0.3, -0.25) is 14.2 Å². The summed E-state index contributed by atoms with van der Waals surface area (Å²) in [4.78, 5) is 38.9. The lowest BCUT2D eigenvalue weighted by Crippen LogP contribution is -2.47. The van der Waals surface area contributed by atoms with E-state index in [1.807, 2.05) is 0 Å². The van der Waals surface area contributed by atoms with E-state index in [0.717, 1.165) is 9.47 Å². The highest BCUT2D eigenvalue weighted by Crippen LogP contribution is 2.31. The van der Waals surface area contributed by atoms with Gasteiger partial charge in [0.2, 0.25) is 11.8 Å². The van der Waals surface area contributed by atoms with E-state index in [9.17, 15) is 31.9 Å². The minimum Gasteiger partial charge on any atom is -0.435 e. The molecule has 1 aliphatic heterocycles. The Hall–Kier alpha value is -3.80. The lowest BCUT2D eigenvalue weighted by Gasteiger charge is -2.24. The van der Waals surface area contributed by atoms with Crippen LogP contribution in [-0.2, 0) is 11.3 Å². The third-order valence-electron chi connectivity index (χ3n) is 5.88. The molecule has 8 nitrogen and oxygen atoms in total. The number of alkyl halides is 3. The number of anilines is 1. The highest BCUT2D eigenvalue weighted by Gasteiger charge is 2.40. The second-order valence-corrected chi connectivity index (χ2v) is 8.76. The zero-order valence-corrected chi connectivity index (χ0v) is 20.1. The molecule has 0 unspecified atom stereocenters. The third kappa shape index (κ3) is 5.63. The SMILES string of the molecule is CC(=O)n1cc(NC(=O)N2C[C@H](F)C[C@H]2C(=O)NCc2cccc(Cl)c2F)c2ccc(OC(F)F)cc21. The molecule has 0 saturated carbocycles. The van der Waals surface area contributed by atoms with Crippen LogP contribution in [0.25, 0.3) is 10.9 Å². The molecule has 0 aliphatic carbocycles. The summed E-state index contributed by atoms with van der Waals surface area (Å²) in [5, 5.41) is 5.27. The van der Waals surface area contributed by atoms with Gasteiger partial charge in [0.15, 0.2) is 0 Å². The van der Waals surface area contributed by atoms with E-state index >= 15 is 0 Å². The molecule has 0 radical (unpaired) electrons. The van der Waals surface area contributed by atoms with Crippen LogP contribution in [0.15, 0.2) is 42.6 Å². The Morgan fingerprint density at radius 1 is 1.22 bits per heavy atom. The third-order valence-corrected chi connectivity index (χ3v) is 6.17. The number of halogens is 5. The average Bonchev–Trinajstić information content (AvgIpc) is 3.40. The van der Waals surface area contributed by atoms with Crippen molar-refractivity contribution >= 4 is 46.0 Å². The first-order valence-corrected chi connectivity index (χ1v) is 11.5. The summed E-state index contributed by atoms with van der Waals surface area (Å²) >= 11 is 5.75. The molecule has 2 aromatic carbocycles. The fourth-order valence-corrected chi connectivity index (χ4v) is 4.37. The Morgan fingerprint density at radius 2 is 1.97 bits per heavy atom. The van der Waals surface area contributed by atoms with Gasteiger partial charge in [-0.2, -0.15) is 8.78 Å². The molecule has 1 saturated heterocycles. The molecule has 196 valence electrons. The molecule has 2 heterocycles. The fourth-order valence-electron chi connectivity index (χ4n) is 4.17. The highest BCUT2D eigenvalue weighted by atomic mass is 35.5. The Morgan fingerprint density at radius 3 is 2.68 bits per heavy atom. The van der Waals surface area contributed by atoms with Crippen molar-refractivity contribution in [2.24, 2.45) is 0 Å². The Bertz CT molecular complexity index is 1370. The quantitative estimate of drug-likeness (QED) is 0.433. The van der Waals surface area contributed by atoms with E-state index in [0.29, 0.717) is 5.39 Å².